The predicted octanol–water partition coefficient (Wildman–Crippen LogP) is 6.01. The number of carbonyl (C=O) groups excluding carboxylic acids is 1. The van der Waals surface area contributed by atoms with Gasteiger partial charge in [0.1, 0.15) is 15.9 Å². The smallest absolute Gasteiger partial charge is 0.267 e. The van der Waals surface area contributed by atoms with Crippen LogP contribution in [-0.4, -0.2) is 23.2 Å². The highest BCUT2D eigenvalue weighted by Crippen LogP contribution is 2.39. The Bertz CT molecular complexity index is 1130. The number of nitrogens with zero attached hydrogens (tertiary/aromatic N) is 1. The number of hydrogen-bond donors (Lipinski definition) is 2. The van der Waals surface area contributed by atoms with Crippen molar-refractivity contribution in [3.63, 3.8) is 0 Å². The minimum Gasteiger partial charge on any atom is -0.370 e. The first kappa shape index (κ1) is 21.9. The van der Waals surface area contributed by atoms with Crippen LogP contribution in [0.25, 0.3) is 0 Å². The third kappa shape index (κ3) is 4.63. The van der Waals surface area contributed by atoms with Gasteiger partial charge < -0.3 is 10.2 Å². The summed E-state index contributed by atoms with van der Waals surface area (Å²) < 4.78 is 15.6. The minimum atomic E-state index is -1.45. The van der Waals surface area contributed by atoms with Gasteiger partial charge in [-0.25, -0.2) is 4.21 Å². The highest BCUT2D eigenvalue weighted by Gasteiger charge is 2.23. The molecule has 1 amide bonds. The Labute approximate surface area is 194 Å². The van der Waals surface area contributed by atoms with Crippen LogP contribution in [-0.2, 0) is 11.0 Å². The van der Waals surface area contributed by atoms with Crippen LogP contribution in [0.4, 0.5) is 17.1 Å². The van der Waals surface area contributed by atoms with Crippen molar-refractivity contribution in [3.05, 3.63) is 68.9 Å². The van der Waals surface area contributed by atoms with Gasteiger partial charge in [-0.15, -0.1) is 11.3 Å². The summed E-state index contributed by atoms with van der Waals surface area (Å²) in [7, 11) is -1.45. The maximum Gasteiger partial charge on any atom is 0.267 e. The number of nitrogens with one attached hydrogen (secondary N) is 2. The fourth-order valence-corrected chi connectivity index (χ4v) is 6.01. The average Bonchev–Trinajstić information content (AvgIpc) is 3.44. The first-order valence-electron chi connectivity index (χ1n) is 10.1. The number of hydrogen-bond acceptors (Lipinski definition) is 4. The van der Waals surface area contributed by atoms with Gasteiger partial charge in [-0.1, -0.05) is 29.8 Å². The van der Waals surface area contributed by atoms with Crippen LogP contribution >= 0.6 is 22.9 Å². The molecule has 1 aliphatic rings. The lowest BCUT2D eigenvalue weighted by Gasteiger charge is -2.25. The molecule has 1 unspecified atom stereocenters. The number of aryl methyl sites for hydroxylation is 1. The topological polar surface area (TPSA) is 61.4 Å². The predicted molar refractivity (Wildman–Crippen MR) is 131 cm³/mol. The molecule has 1 atom stereocenters. The van der Waals surface area contributed by atoms with Crippen LogP contribution in [0.1, 0.15) is 33.6 Å². The Morgan fingerprint density at radius 3 is 2.55 bits per heavy atom. The molecule has 8 heteroatoms. The molecular formula is C23H24ClN3O2S2. The van der Waals surface area contributed by atoms with Gasteiger partial charge in [-0.3, -0.25) is 9.52 Å². The quantitative estimate of drug-likeness (QED) is 0.461. The van der Waals surface area contributed by atoms with Crippen molar-refractivity contribution < 1.29 is 9.00 Å². The fraction of sp³-hybridized carbons (Fsp3) is 0.261. The standard InChI is InChI=1S/C23H24ClN3O2S2/c1-15-14-18(24)21(27-11-6-7-12-27)16(2)20(15)25-23(28)22-19(10-13-30-22)26-31(29)17-8-4-3-5-9-17/h3-5,8-10,13-14,26H,6-7,11-12H2,1-2H3,(H,25,28). The number of halogens is 1. The SMILES string of the molecule is Cc1cc(Cl)c(N2CCCC2)c(C)c1NC(=O)c1sccc1NS(=O)c1ccccc1. The van der Waals surface area contributed by atoms with Crippen LogP contribution in [0.15, 0.2) is 52.7 Å². The molecule has 0 saturated carbocycles. The van der Waals surface area contributed by atoms with E-state index < -0.39 is 11.0 Å². The summed E-state index contributed by atoms with van der Waals surface area (Å²) in [5, 5.41) is 5.60. The molecule has 4 rings (SSSR count). The summed E-state index contributed by atoms with van der Waals surface area (Å²) >= 11 is 7.88. The van der Waals surface area contributed by atoms with E-state index in [9.17, 15) is 9.00 Å². The molecule has 1 fully saturated rings. The minimum absolute atomic E-state index is 0.233. The Kier molecular flexibility index (Phi) is 6.65. The van der Waals surface area contributed by atoms with E-state index in [4.69, 9.17) is 11.6 Å². The zero-order valence-electron chi connectivity index (χ0n) is 17.4. The maximum atomic E-state index is 13.1. The second kappa shape index (κ2) is 9.42. The number of amides is 1. The van der Waals surface area contributed by atoms with E-state index in [1.807, 2.05) is 43.5 Å². The Hall–Kier alpha value is -2.35. The molecule has 5 nitrogen and oxygen atoms in total. The van der Waals surface area contributed by atoms with Gasteiger partial charge in [0.05, 0.1) is 21.3 Å². The summed E-state index contributed by atoms with van der Waals surface area (Å²) in [4.78, 5) is 16.6. The van der Waals surface area contributed by atoms with Crippen molar-refractivity contribution in [3.8, 4) is 0 Å². The number of thiophene rings is 1. The van der Waals surface area contributed by atoms with Gasteiger partial charge >= 0.3 is 0 Å². The van der Waals surface area contributed by atoms with Gasteiger partial charge in [0, 0.05) is 18.8 Å². The van der Waals surface area contributed by atoms with Crippen molar-refractivity contribution in [2.75, 3.05) is 28.0 Å². The summed E-state index contributed by atoms with van der Waals surface area (Å²) in [5.74, 6) is -0.233. The van der Waals surface area contributed by atoms with E-state index in [0.29, 0.717) is 20.5 Å². The second-order valence-corrected chi connectivity index (χ2v) is 10.1. The first-order chi connectivity index (χ1) is 15.0. The highest BCUT2D eigenvalue weighted by molar-refractivity contribution is 7.86. The van der Waals surface area contributed by atoms with Crippen LogP contribution in [0.3, 0.4) is 0 Å². The highest BCUT2D eigenvalue weighted by atomic mass is 35.5. The number of anilines is 3. The van der Waals surface area contributed by atoms with Gasteiger partial charge in [-0.2, -0.15) is 0 Å². The molecule has 31 heavy (non-hydrogen) atoms. The molecule has 2 N–H and O–H groups in total. The van der Waals surface area contributed by atoms with Crippen molar-refractivity contribution in [2.45, 2.75) is 31.6 Å². The van der Waals surface area contributed by atoms with E-state index in [1.54, 1.807) is 18.2 Å². The number of benzene rings is 2. The lowest BCUT2D eigenvalue weighted by Crippen LogP contribution is -2.21. The van der Waals surface area contributed by atoms with E-state index in [0.717, 1.165) is 48.4 Å². The van der Waals surface area contributed by atoms with E-state index in [2.05, 4.69) is 14.9 Å². The fourth-order valence-electron chi connectivity index (χ4n) is 3.88. The van der Waals surface area contributed by atoms with Crippen LogP contribution in [0.2, 0.25) is 5.02 Å². The van der Waals surface area contributed by atoms with E-state index >= 15 is 0 Å². The molecule has 162 valence electrons. The lowest BCUT2D eigenvalue weighted by molar-refractivity contribution is 0.103. The molecule has 1 saturated heterocycles. The summed E-state index contributed by atoms with van der Waals surface area (Å²) in [6.45, 7) is 5.89. The summed E-state index contributed by atoms with van der Waals surface area (Å²) in [6, 6.07) is 12.8. The number of rotatable bonds is 6. The Morgan fingerprint density at radius 1 is 1.13 bits per heavy atom. The molecule has 0 spiro atoms. The van der Waals surface area contributed by atoms with Gasteiger partial charge in [-0.05, 0) is 67.5 Å². The van der Waals surface area contributed by atoms with Crippen molar-refractivity contribution in [2.24, 2.45) is 0 Å². The Balaban J connectivity index is 1.58. The largest absolute Gasteiger partial charge is 0.370 e. The molecule has 0 bridgehead atoms. The monoisotopic (exact) mass is 473 g/mol. The molecular weight excluding hydrogens is 450 g/mol. The second-order valence-electron chi connectivity index (χ2n) is 7.52. The molecule has 2 aromatic carbocycles. The molecule has 1 aromatic heterocycles. The molecule has 1 aliphatic heterocycles. The van der Waals surface area contributed by atoms with Crippen LogP contribution in [0.5, 0.6) is 0 Å². The zero-order chi connectivity index (χ0) is 22.0. The summed E-state index contributed by atoms with van der Waals surface area (Å²) in [6.07, 6.45) is 2.29. The third-order valence-electron chi connectivity index (χ3n) is 5.39. The third-order valence-corrected chi connectivity index (χ3v) is 7.69. The van der Waals surface area contributed by atoms with Crippen LogP contribution in [0, 0.1) is 13.8 Å². The Morgan fingerprint density at radius 2 is 1.84 bits per heavy atom. The van der Waals surface area contributed by atoms with Gasteiger partial charge in [0.15, 0.2) is 0 Å². The van der Waals surface area contributed by atoms with Gasteiger partial charge in [0.25, 0.3) is 5.91 Å². The van der Waals surface area contributed by atoms with E-state index in [-0.39, 0.29) is 5.91 Å². The number of carbonyl (C=O) groups is 1. The zero-order valence-corrected chi connectivity index (χ0v) is 19.8. The van der Waals surface area contributed by atoms with Gasteiger partial charge in [0.2, 0.25) is 0 Å². The first-order valence-corrected chi connectivity index (χ1v) is 12.5. The normalized spacial score (nSPS) is 14.5. The van der Waals surface area contributed by atoms with Crippen molar-refractivity contribution in [1.82, 2.24) is 0 Å². The summed E-state index contributed by atoms with van der Waals surface area (Å²) in [5.41, 5.74) is 4.21. The molecule has 0 aliphatic carbocycles. The molecule has 0 radical (unpaired) electrons. The maximum absolute atomic E-state index is 13.1. The molecule has 2 heterocycles. The lowest BCUT2D eigenvalue weighted by atomic mass is 10.1. The van der Waals surface area contributed by atoms with Crippen LogP contribution < -0.4 is 14.9 Å². The van der Waals surface area contributed by atoms with Crippen molar-refractivity contribution >= 4 is 56.9 Å². The van der Waals surface area contributed by atoms with Crippen molar-refractivity contribution in [1.29, 1.82) is 0 Å². The average molecular weight is 474 g/mol. The molecule has 3 aromatic rings. The van der Waals surface area contributed by atoms with E-state index in [1.165, 1.54) is 11.3 Å².